The van der Waals surface area contributed by atoms with Crippen molar-refractivity contribution in [1.29, 1.82) is 0 Å². The summed E-state index contributed by atoms with van der Waals surface area (Å²) in [6.45, 7) is 8.76. The smallest absolute Gasteiger partial charge is 0.227 e. The SMILES string of the molecule is CC1CCN(c2nc3c(c(N4CCOCC4)n2)CN(C(=O)Cc2ccccc2)CC3)CC1. The molecule has 5 rings (SSSR count). The summed E-state index contributed by atoms with van der Waals surface area (Å²) in [6, 6.07) is 9.99. The Morgan fingerprint density at radius 2 is 1.75 bits per heavy atom. The molecule has 1 amide bonds. The molecular formula is C25H33N5O2. The Labute approximate surface area is 190 Å². The highest BCUT2D eigenvalue weighted by molar-refractivity contribution is 5.79. The Balaban J connectivity index is 1.41. The summed E-state index contributed by atoms with van der Waals surface area (Å²) in [4.78, 5) is 29.8. The van der Waals surface area contributed by atoms with E-state index >= 15 is 0 Å². The summed E-state index contributed by atoms with van der Waals surface area (Å²) >= 11 is 0. The molecule has 2 fully saturated rings. The Morgan fingerprint density at radius 1 is 1.00 bits per heavy atom. The monoisotopic (exact) mass is 435 g/mol. The number of piperidine rings is 1. The van der Waals surface area contributed by atoms with Crippen molar-refractivity contribution in [3.05, 3.63) is 47.2 Å². The second-order valence-electron chi connectivity index (χ2n) is 9.27. The number of nitrogens with zero attached hydrogens (tertiary/aromatic N) is 5. The van der Waals surface area contributed by atoms with Crippen LogP contribution in [0.15, 0.2) is 30.3 Å². The summed E-state index contributed by atoms with van der Waals surface area (Å²) in [5.74, 6) is 2.81. The predicted molar refractivity (Wildman–Crippen MR) is 125 cm³/mol. The largest absolute Gasteiger partial charge is 0.378 e. The lowest BCUT2D eigenvalue weighted by Gasteiger charge is -2.36. The maximum atomic E-state index is 13.1. The molecule has 3 aliphatic rings. The molecule has 0 bridgehead atoms. The molecule has 0 spiro atoms. The van der Waals surface area contributed by atoms with Crippen molar-refractivity contribution in [2.24, 2.45) is 5.92 Å². The molecule has 0 unspecified atom stereocenters. The summed E-state index contributed by atoms with van der Waals surface area (Å²) in [7, 11) is 0. The van der Waals surface area contributed by atoms with E-state index in [9.17, 15) is 4.79 Å². The van der Waals surface area contributed by atoms with Crippen LogP contribution in [0, 0.1) is 5.92 Å². The van der Waals surface area contributed by atoms with E-state index < -0.39 is 0 Å². The normalized spacial score (nSPS) is 19.7. The first-order valence-electron chi connectivity index (χ1n) is 12.0. The Bertz CT molecular complexity index is 937. The lowest BCUT2D eigenvalue weighted by atomic mass is 9.99. The number of morpholine rings is 1. The molecule has 0 aliphatic carbocycles. The highest BCUT2D eigenvalue weighted by Gasteiger charge is 2.30. The van der Waals surface area contributed by atoms with E-state index in [1.165, 1.54) is 12.8 Å². The van der Waals surface area contributed by atoms with Gasteiger partial charge in [-0.2, -0.15) is 4.98 Å². The minimum atomic E-state index is 0.170. The van der Waals surface area contributed by atoms with E-state index in [1.807, 2.05) is 35.2 Å². The molecule has 1 aromatic carbocycles. The molecule has 170 valence electrons. The number of aromatic nitrogens is 2. The number of benzene rings is 1. The number of fused-ring (bicyclic) bond motifs is 1. The van der Waals surface area contributed by atoms with Gasteiger partial charge in [0.2, 0.25) is 11.9 Å². The number of rotatable bonds is 4. The van der Waals surface area contributed by atoms with Crippen molar-refractivity contribution in [2.75, 3.05) is 55.7 Å². The molecule has 32 heavy (non-hydrogen) atoms. The van der Waals surface area contributed by atoms with Gasteiger partial charge in [0.05, 0.1) is 31.9 Å². The van der Waals surface area contributed by atoms with E-state index in [0.717, 1.165) is 67.1 Å². The third-order valence-corrected chi connectivity index (χ3v) is 6.95. The number of carbonyl (C=O) groups excluding carboxylic acids is 1. The first-order valence-corrected chi connectivity index (χ1v) is 12.0. The number of carbonyl (C=O) groups is 1. The van der Waals surface area contributed by atoms with Gasteiger partial charge in [-0.3, -0.25) is 4.79 Å². The van der Waals surface area contributed by atoms with Gasteiger partial charge in [0.15, 0.2) is 0 Å². The van der Waals surface area contributed by atoms with E-state index in [0.29, 0.717) is 32.7 Å². The average molecular weight is 436 g/mol. The standard InChI is InChI=1S/C25H33N5O2/c1-19-7-10-29(11-8-19)25-26-22-9-12-30(23(31)17-20-5-3-2-4-6-20)18-21(22)24(27-25)28-13-15-32-16-14-28/h2-6,19H,7-18H2,1H3. The van der Waals surface area contributed by atoms with Crippen LogP contribution in [0.1, 0.15) is 36.6 Å². The molecule has 0 radical (unpaired) electrons. The fourth-order valence-corrected chi connectivity index (χ4v) is 4.87. The van der Waals surface area contributed by atoms with Crippen LogP contribution in [0.3, 0.4) is 0 Å². The maximum Gasteiger partial charge on any atom is 0.227 e. The van der Waals surface area contributed by atoms with Gasteiger partial charge in [-0.15, -0.1) is 0 Å². The van der Waals surface area contributed by atoms with Crippen LogP contribution in [0.4, 0.5) is 11.8 Å². The summed E-state index contributed by atoms with van der Waals surface area (Å²) in [5.41, 5.74) is 3.29. The van der Waals surface area contributed by atoms with Crippen molar-refractivity contribution in [2.45, 2.75) is 39.2 Å². The van der Waals surface area contributed by atoms with E-state index in [-0.39, 0.29) is 5.91 Å². The lowest BCUT2D eigenvalue weighted by Crippen LogP contribution is -2.42. The van der Waals surface area contributed by atoms with Crippen LogP contribution in [0.25, 0.3) is 0 Å². The maximum absolute atomic E-state index is 13.1. The number of anilines is 2. The van der Waals surface area contributed by atoms with Gasteiger partial charge in [-0.1, -0.05) is 37.3 Å². The van der Waals surface area contributed by atoms with Crippen LogP contribution in [0.2, 0.25) is 0 Å². The van der Waals surface area contributed by atoms with Crippen LogP contribution >= 0.6 is 0 Å². The third kappa shape index (κ3) is 4.58. The van der Waals surface area contributed by atoms with Gasteiger partial charge in [0.25, 0.3) is 0 Å². The zero-order valence-corrected chi connectivity index (χ0v) is 19.0. The highest BCUT2D eigenvalue weighted by Crippen LogP contribution is 2.31. The third-order valence-electron chi connectivity index (χ3n) is 6.95. The topological polar surface area (TPSA) is 61.8 Å². The molecular weight excluding hydrogens is 402 g/mol. The Hall–Kier alpha value is -2.67. The highest BCUT2D eigenvalue weighted by atomic mass is 16.5. The first-order chi connectivity index (χ1) is 15.7. The second kappa shape index (κ2) is 9.45. The quantitative estimate of drug-likeness (QED) is 0.736. The zero-order valence-electron chi connectivity index (χ0n) is 19.0. The molecule has 7 nitrogen and oxygen atoms in total. The van der Waals surface area contributed by atoms with Gasteiger partial charge >= 0.3 is 0 Å². The van der Waals surface area contributed by atoms with E-state index in [2.05, 4.69) is 16.7 Å². The first kappa shape index (κ1) is 21.2. The summed E-state index contributed by atoms with van der Waals surface area (Å²) in [6.07, 6.45) is 3.60. The molecule has 1 aromatic heterocycles. The van der Waals surface area contributed by atoms with Gasteiger partial charge in [0.1, 0.15) is 5.82 Å². The molecule has 0 N–H and O–H groups in total. The molecule has 2 aromatic rings. The van der Waals surface area contributed by atoms with Gasteiger partial charge in [-0.25, -0.2) is 4.98 Å². The lowest BCUT2D eigenvalue weighted by molar-refractivity contribution is -0.131. The van der Waals surface area contributed by atoms with Crippen molar-refractivity contribution in [3.63, 3.8) is 0 Å². The molecule has 3 aliphatic heterocycles. The fourth-order valence-electron chi connectivity index (χ4n) is 4.87. The van der Waals surface area contributed by atoms with Crippen LogP contribution in [-0.4, -0.2) is 66.7 Å². The Morgan fingerprint density at radius 3 is 2.50 bits per heavy atom. The Kier molecular flexibility index (Phi) is 6.26. The molecule has 0 saturated carbocycles. The van der Waals surface area contributed by atoms with Crippen LogP contribution in [-0.2, 0) is 28.9 Å². The average Bonchev–Trinajstić information content (AvgIpc) is 2.84. The van der Waals surface area contributed by atoms with Crippen molar-refractivity contribution >= 4 is 17.7 Å². The number of hydrogen-bond donors (Lipinski definition) is 0. The minimum Gasteiger partial charge on any atom is -0.378 e. The van der Waals surface area contributed by atoms with Crippen LogP contribution in [0.5, 0.6) is 0 Å². The van der Waals surface area contributed by atoms with Crippen LogP contribution < -0.4 is 9.80 Å². The second-order valence-corrected chi connectivity index (χ2v) is 9.27. The molecule has 7 heteroatoms. The molecule has 0 atom stereocenters. The summed E-state index contributed by atoms with van der Waals surface area (Å²) in [5, 5.41) is 0. The van der Waals surface area contributed by atoms with Crippen molar-refractivity contribution in [1.82, 2.24) is 14.9 Å². The number of ether oxygens (including phenoxy) is 1. The van der Waals surface area contributed by atoms with E-state index in [4.69, 9.17) is 14.7 Å². The van der Waals surface area contributed by atoms with E-state index in [1.54, 1.807) is 0 Å². The number of hydrogen-bond acceptors (Lipinski definition) is 6. The predicted octanol–water partition coefficient (Wildman–Crippen LogP) is 2.68. The zero-order chi connectivity index (χ0) is 21.9. The fraction of sp³-hybridized carbons (Fsp3) is 0.560. The van der Waals surface area contributed by atoms with Crippen molar-refractivity contribution in [3.8, 4) is 0 Å². The number of amides is 1. The van der Waals surface area contributed by atoms with Gasteiger partial charge in [0, 0.05) is 44.7 Å². The van der Waals surface area contributed by atoms with Gasteiger partial charge < -0.3 is 19.4 Å². The summed E-state index contributed by atoms with van der Waals surface area (Å²) < 4.78 is 5.59. The van der Waals surface area contributed by atoms with Crippen molar-refractivity contribution < 1.29 is 9.53 Å². The van der Waals surface area contributed by atoms with Gasteiger partial charge in [-0.05, 0) is 24.3 Å². The molecule has 2 saturated heterocycles. The minimum absolute atomic E-state index is 0.170. The molecule has 4 heterocycles.